The Hall–Kier alpha value is -0.720. The Balaban J connectivity index is 2.35. The van der Waals surface area contributed by atoms with Crippen LogP contribution in [0.4, 0.5) is 5.69 Å². The van der Waals surface area contributed by atoms with Crippen LogP contribution in [0.2, 0.25) is 0 Å². The largest absolute Gasteiger partial charge is 0.384 e. The summed E-state index contributed by atoms with van der Waals surface area (Å²) in [6, 6.07) is 7.22. The van der Waals surface area contributed by atoms with Gasteiger partial charge in [-0.05, 0) is 25.5 Å². The number of thioether (sulfide) groups is 1. The van der Waals surface area contributed by atoms with Crippen molar-refractivity contribution in [2.75, 3.05) is 24.2 Å². The minimum absolute atomic E-state index is 0.0213. The van der Waals surface area contributed by atoms with E-state index in [4.69, 9.17) is 0 Å². The molecule has 21 heavy (non-hydrogen) atoms. The standard InChI is InChI=1S/C15H24N2O2S2/c1-4-9-16-14-7-5-6-8-15(14)21(18,19)17-10-11-20-13(3)12(17)2/h5-8,12-13,16H,4,9-11H2,1-3H3. The molecule has 0 spiro atoms. The molecule has 0 saturated carbocycles. The second-order valence-electron chi connectivity index (χ2n) is 5.36. The van der Waals surface area contributed by atoms with E-state index < -0.39 is 10.0 Å². The summed E-state index contributed by atoms with van der Waals surface area (Å²) >= 11 is 1.84. The van der Waals surface area contributed by atoms with Crippen LogP contribution in [-0.4, -0.2) is 42.9 Å². The Kier molecular flexibility index (Phi) is 5.57. The third kappa shape index (κ3) is 3.55. The number of anilines is 1. The van der Waals surface area contributed by atoms with Gasteiger partial charge in [0.25, 0.3) is 0 Å². The molecular weight excluding hydrogens is 304 g/mol. The first-order valence-electron chi connectivity index (χ1n) is 7.44. The van der Waals surface area contributed by atoms with Gasteiger partial charge in [-0.25, -0.2) is 8.42 Å². The molecule has 4 nitrogen and oxygen atoms in total. The fourth-order valence-electron chi connectivity index (χ4n) is 2.47. The number of nitrogens with one attached hydrogen (secondary N) is 1. The maximum absolute atomic E-state index is 13.0. The Morgan fingerprint density at radius 1 is 1.33 bits per heavy atom. The number of para-hydroxylation sites is 1. The summed E-state index contributed by atoms with van der Waals surface area (Å²) < 4.78 is 27.7. The van der Waals surface area contributed by atoms with Gasteiger partial charge in [0.05, 0.1) is 5.69 Å². The fourth-order valence-corrected chi connectivity index (χ4v) is 5.63. The number of hydrogen-bond acceptors (Lipinski definition) is 4. The van der Waals surface area contributed by atoms with Crippen LogP contribution in [0, 0.1) is 0 Å². The maximum Gasteiger partial charge on any atom is 0.245 e. The molecule has 1 aliphatic rings. The molecule has 2 atom stereocenters. The Bertz CT molecular complexity index is 575. The molecule has 6 heteroatoms. The van der Waals surface area contributed by atoms with E-state index in [1.165, 1.54) is 0 Å². The second kappa shape index (κ2) is 7.03. The number of hydrogen-bond donors (Lipinski definition) is 1. The van der Waals surface area contributed by atoms with Gasteiger partial charge in [-0.1, -0.05) is 26.0 Å². The highest BCUT2D eigenvalue weighted by Gasteiger charge is 2.35. The quantitative estimate of drug-likeness (QED) is 0.902. The van der Waals surface area contributed by atoms with Crippen molar-refractivity contribution in [2.24, 2.45) is 0 Å². The summed E-state index contributed by atoms with van der Waals surface area (Å²) in [5.74, 6) is 0.856. The monoisotopic (exact) mass is 328 g/mol. The average Bonchev–Trinajstić information content (AvgIpc) is 2.48. The lowest BCUT2D eigenvalue weighted by Crippen LogP contribution is -2.47. The molecule has 0 bridgehead atoms. The molecule has 2 unspecified atom stereocenters. The molecule has 0 aromatic heterocycles. The van der Waals surface area contributed by atoms with Crippen molar-refractivity contribution in [3.8, 4) is 0 Å². The van der Waals surface area contributed by atoms with Crippen molar-refractivity contribution in [1.82, 2.24) is 4.31 Å². The first-order valence-corrected chi connectivity index (χ1v) is 9.93. The van der Waals surface area contributed by atoms with Crippen LogP contribution >= 0.6 is 11.8 Å². The van der Waals surface area contributed by atoms with E-state index in [9.17, 15) is 8.42 Å². The van der Waals surface area contributed by atoms with Gasteiger partial charge in [0, 0.05) is 30.1 Å². The minimum atomic E-state index is -3.45. The van der Waals surface area contributed by atoms with Gasteiger partial charge in [-0.3, -0.25) is 0 Å². The maximum atomic E-state index is 13.0. The molecule has 0 aliphatic carbocycles. The van der Waals surface area contributed by atoms with Crippen molar-refractivity contribution in [1.29, 1.82) is 0 Å². The minimum Gasteiger partial charge on any atom is -0.384 e. The molecule has 2 rings (SSSR count). The predicted molar refractivity (Wildman–Crippen MR) is 90.5 cm³/mol. The molecule has 1 saturated heterocycles. The van der Waals surface area contributed by atoms with Gasteiger partial charge in [0.15, 0.2) is 0 Å². The predicted octanol–water partition coefficient (Wildman–Crippen LogP) is 3.02. The third-order valence-electron chi connectivity index (χ3n) is 3.87. The zero-order valence-electron chi connectivity index (χ0n) is 12.9. The summed E-state index contributed by atoms with van der Waals surface area (Å²) in [4.78, 5) is 0.393. The van der Waals surface area contributed by atoms with Crippen molar-refractivity contribution in [2.45, 2.75) is 43.4 Å². The Morgan fingerprint density at radius 3 is 2.76 bits per heavy atom. The highest BCUT2D eigenvalue weighted by atomic mass is 32.2. The molecule has 0 radical (unpaired) electrons. The molecule has 1 aromatic carbocycles. The molecule has 118 valence electrons. The second-order valence-corrected chi connectivity index (χ2v) is 8.70. The summed E-state index contributed by atoms with van der Waals surface area (Å²) in [7, 11) is -3.45. The van der Waals surface area contributed by atoms with E-state index in [0.717, 1.165) is 18.7 Å². The lowest BCUT2D eigenvalue weighted by atomic mass is 10.2. The smallest absolute Gasteiger partial charge is 0.245 e. The van der Waals surface area contributed by atoms with Crippen LogP contribution in [0.3, 0.4) is 0 Å². The van der Waals surface area contributed by atoms with Crippen LogP contribution in [-0.2, 0) is 10.0 Å². The SMILES string of the molecule is CCCNc1ccccc1S(=O)(=O)N1CCSC(C)C1C. The van der Waals surface area contributed by atoms with Crippen LogP contribution < -0.4 is 5.32 Å². The van der Waals surface area contributed by atoms with Crippen LogP contribution in [0.1, 0.15) is 27.2 Å². The van der Waals surface area contributed by atoms with E-state index in [2.05, 4.69) is 19.2 Å². The van der Waals surface area contributed by atoms with Crippen LogP contribution in [0.5, 0.6) is 0 Å². The lowest BCUT2D eigenvalue weighted by molar-refractivity contribution is 0.340. The zero-order valence-corrected chi connectivity index (χ0v) is 14.5. The topological polar surface area (TPSA) is 49.4 Å². The highest BCUT2D eigenvalue weighted by molar-refractivity contribution is 8.00. The molecule has 1 heterocycles. The van der Waals surface area contributed by atoms with Gasteiger partial charge >= 0.3 is 0 Å². The molecule has 0 amide bonds. The van der Waals surface area contributed by atoms with Gasteiger partial charge in [-0.2, -0.15) is 16.1 Å². The summed E-state index contributed by atoms with van der Waals surface area (Å²) in [5, 5.41) is 3.55. The van der Waals surface area contributed by atoms with Crippen LogP contribution in [0.25, 0.3) is 0 Å². The van der Waals surface area contributed by atoms with Gasteiger partial charge in [-0.15, -0.1) is 0 Å². The first-order chi connectivity index (χ1) is 9.98. The van der Waals surface area contributed by atoms with E-state index in [1.54, 1.807) is 16.4 Å². The number of rotatable bonds is 5. The normalized spacial score (nSPS) is 24.0. The van der Waals surface area contributed by atoms with Crippen molar-refractivity contribution in [3.05, 3.63) is 24.3 Å². The molecule has 1 aliphatic heterocycles. The fraction of sp³-hybridized carbons (Fsp3) is 0.600. The Morgan fingerprint density at radius 2 is 2.05 bits per heavy atom. The van der Waals surface area contributed by atoms with Crippen molar-refractivity contribution >= 4 is 27.5 Å². The summed E-state index contributed by atoms with van der Waals surface area (Å²) in [6.45, 7) is 7.51. The molecular formula is C15H24N2O2S2. The van der Waals surface area contributed by atoms with Gasteiger partial charge < -0.3 is 5.32 Å². The Labute approximate surface area is 132 Å². The number of benzene rings is 1. The molecule has 1 fully saturated rings. The highest BCUT2D eigenvalue weighted by Crippen LogP contribution is 2.32. The zero-order chi connectivity index (χ0) is 15.5. The number of sulfonamides is 1. The summed E-state index contributed by atoms with van der Waals surface area (Å²) in [5.41, 5.74) is 0.706. The summed E-state index contributed by atoms with van der Waals surface area (Å²) in [6.07, 6.45) is 0.960. The van der Waals surface area contributed by atoms with E-state index in [0.29, 0.717) is 22.4 Å². The first kappa shape index (κ1) is 16.6. The van der Waals surface area contributed by atoms with Crippen molar-refractivity contribution in [3.63, 3.8) is 0 Å². The van der Waals surface area contributed by atoms with E-state index in [1.807, 2.05) is 30.8 Å². The third-order valence-corrected chi connectivity index (χ3v) is 7.25. The van der Waals surface area contributed by atoms with Crippen LogP contribution in [0.15, 0.2) is 29.2 Å². The lowest BCUT2D eigenvalue weighted by Gasteiger charge is -2.36. The molecule has 1 aromatic rings. The van der Waals surface area contributed by atoms with E-state index in [-0.39, 0.29) is 6.04 Å². The van der Waals surface area contributed by atoms with Gasteiger partial charge in [0.1, 0.15) is 4.90 Å². The van der Waals surface area contributed by atoms with Gasteiger partial charge in [0.2, 0.25) is 10.0 Å². The van der Waals surface area contributed by atoms with E-state index >= 15 is 0 Å². The number of nitrogens with zero attached hydrogens (tertiary/aromatic N) is 1. The average molecular weight is 329 g/mol. The van der Waals surface area contributed by atoms with Crippen molar-refractivity contribution < 1.29 is 8.42 Å². The molecule has 1 N–H and O–H groups in total.